The average Bonchev–Trinajstić information content (AvgIpc) is 2.16. The Kier molecular flexibility index (Phi) is 3.25. The summed E-state index contributed by atoms with van der Waals surface area (Å²) in [5.41, 5.74) is 0.175. The minimum Gasteiger partial charge on any atom is -0.478 e. The van der Waals surface area contributed by atoms with Crippen LogP contribution in [0, 0.1) is 0 Å². The molecule has 0 saturated heterocycles. The van der Waals surface area contributed by atoms with Crippen molar-refractivity contribution in [2.24, 2.45) is 0 Å². The third kappa shape index (κ3) is 2.12. The largest absolute Gasteiger partial charge is 0.478 e. The predicted octanol–water partition coefficient (Wildman–Crippen LogP) is 2.63. The van der Waals surface area contributed by atoms with E-state index in [4.69, 9.17) is 16.7 Å². The maximum absolute atomic E-state index is 11.4. The van der Waals surface area contributed by atoms with Crippen LogP contribution in [0.25, 0.3) is 0 Å². The van der Waals surface area contributed by atoms with E-state index in [1.165, 1.54) is 18.2 Å². The summed E-state index contributed by atoms with van der Waals surface area (Å²) in [7, 11) is 0. The number of rotatable bonds is 3. The molecule has 0 saturated carbocycles. The molecule has 0 aliphatic heterocycles. The number of carboxylic acids is 1. The van der Waals surface area contributed by atoms with E-state index in [-0.39, 0.29) is 23.3 Å². The van der Waals surface area contributed by atoms with Crippen LogP contribution in [0.4, 0.5) is 0 Å². The lowest BCUT2D eigenvalue weighted by Gasteiger charge is -2.03. The van der Waals surface area contributed by atoms with Crippen molar-refractivity contribution in [2.45, 2.75) is 13.3 Å². The molecule has 0 heterocycles. The molecule has 1 aromatic rings. The molecule has 0 bridgehead atoms. The van der Waals surface area contributed by atoms with Gasteiger partial charge >= 0.3 is 5.97 Å². The van der Waals surface area contributed by atoms with Gasteiger partial charge in [0.15, 0.2) is 5.78 Å². The number of carbonyl (C=O) groups excluding carboxylic acids is 1. The molecule has 0 fully saturated rings. The minimum atomic E-state index is -1.11. The lowest BCUT2D eigenvalue weighted by molar-refractivity contribution is 0.0692. The molecule has 0 aliphatic rings. The standard InChI is InChI=1S/C10H9ClO3/c1-2-9(12)8-5-6(11)3-4-7(8)10(13)14/h3-5H,2H2,1H3,(H,13,14). The summed E-state index contributed by atoms with van der Waals surface area (Å²) in [5.74, 6) is -1.33. The van der Waals surface area contributed by atoms with Crippen molar-refractivity contribution in [3.8, 4) is 0 Å². The van der Waals surface area contributed by atoms with Crippen molar-refractivity contribution in [2.75, 3.05) is 0 Å². The molecule has 1 aromatic carbocycles. The minimum absolute atomic E-state index is 0.00116. The van der Waals surface area contributed by atoms with E-state index in [1.807, 2.05) is 0 Å². The van der Waals surface area contributed by atoms with Crippen molar-refractivity contribution < 1.29 is 14.7 Å². The zero-order valence-electron chi connectivity index (χ0n) is 7.58. The number of halogens is 1. The SMILES string of the molecule is CCC(=O)c1cc(Cl)ccc1C(=O)O. The van der Waals surface area contributed by atoms with Gasteiger partial charge in [-0.15, -0.1) is 0 Å². The Balaban J connectivity index is 3.29. The van der Waals surface area contributed by atoms with E-state index < -0.39 is 5.97 Å². The van der Waals surface area contributed by atoms with Gasteiger partial charge in [-0.2, -0.15) is 0 Å². The van der Waals surface area contributed by atoms with Gasteiger partial charge in [0.05, 0.1) is 5.56 Å². The number of hydrogen-bond acceptors (Lipinski definition) is 2. The molecule has 0 unspecified atom stereocenters. The number of carboxylic acid groups (broad SMARTS) is 1. The van der Waals surface area contributed by atoms with Crippen LogP contribution in [0.15, 0.2) is 18.2 Å². The maximum Gasteiger partial charge on any atom is 0.336 e. The number of Topliss-reactive ketones (excluding diaryl/α,β-unsaturated/α-hetero) is 1. The van der Waals surface area contributed by atoms with Crippen LogP contribution in [0.5, 0.6) is 0 Å². The van der Waals surface area contributed by atoms with Gasteiger partial charge < -0.3 is 5.11 Å². The van der Waals surface area contributed by atoms with Crippen molar-refractivity contribution >= 4 is 23.4 Å². The quantitative estimate of drug-likeness (QED) is 0.784. The van der Waals surface area contributed by atoms with E-state index >= 15 is 0 Å². The molecule has 0 spiro atoms. The zero-order chi connectivity index (χ0) is 10.7. The predicted molar refractivity (Wildman–Crippen MR) is 53.0 cm³/mol. The summed E-state index contributed by atoms with van der Waals surface area (Å²) in [4.78, 5) is 22.1. The molecular formula is C10H9ClO3. The van der Waals surface area contributed by atoms with E-state index in [2.05, 4.69) is 0 Å². The van der Waals surface area contributed by atoms with Crippen molar-refractivity contribution in [3.63, 3.8) is 0 Å². The second-order valence-electron chi connectivity index (χ2n) is 2.77. The molecular weight excluding hydrogens is 204 g/mol. The second-order valence-corrected chi connectivity index (χ2v) is 3.21. The van der Waals surface area contributed by atoms with Gasteiger partial charge in [-0.3, -0.25) is 4.79 Å². The Morgan fingerprint density at radius 2 is 2.00 bits per heavy atom. The van der Waals surface area contributed by atoms with Gasteiger partial charge in [-0.25, -0.2) is 4.79 Å². The molecule has 3 nitrogen and oxygen atoms in total. The lowest BCUT2D eigenvalue weighted by atomic mass is 10.0. The molecule has 0 aliphatic carbocycles. The number of hydrogen-bond donors (Lipinski definition) is 1. The molecule has 0 atom stereocenters. The third-order valence-electron chi connectivity index (χ3n) is 1.83. The van der Waals surface area contributed by atoms with E-state index in [1.54, 1.807) is 6.92 Å². The van der Waals surface area contributed by atoms with Crippen LogP contribution in [0.3, 0.4) is 0 Å². The van der Waals surface area contributed by atoms with Gasteiger partial charge in [0.25, 0.3) is 0 Å². The molecule has 74 valence electrons. The highest BCUT2D eigenvalue weighted by atomic mass is 35.5. The molecule has 1 N–H and O–H groups in total. The highest BCUT2D eigenvalue weighted by Gasteiger charge is 2.15. The first-order valence-electron chi connectivity index (χ1n) is 4.12. The highest BCUT2D eigenvalue weighted by molar-refractivity contribution is 6.31. The van der Waals surface area contributed by atoms with Crippen molar-refractivity contribution in [1.29, 1.82) is 0 Å². The Bertz CT molecular complexity index is 385. The van der Waals surface area contributed by atoms with Crippen molar-refractivity contribution in [3.05, 3.63) is 34.3 Å². The first-order chi connectivity index (χ1) is 6.56. The molecule has 4 heteroatoms. The maximum atomic E-state index is 11.4. The van der Waals surface area contributed by atoms with Crippen LogP contribution < -0.4 is 0 Å². The van der Waals surface area contributed by atoms with Gasteiger partial charge in [-0.1, -0.05) is 18.5 Å². The number of benzene rings is 1. The highest BCUT2D eigenvalue weighted by Crippen LogP contribution is 2.17. The Morgan fingerprint density at radius 3 is 2.50 bits per heavy atom. The fourth-order valence-corrected chi connectivity index (χ4v) is 1.30. The van der Waals surface area contributed by atoms with Gasteiger partial charge in [0.2, 0.25) is 0 Å². The van der Waals surface area contributed by atoms with Crippen LogP contribution in [0.2, 0.25) is 5.02 Å². The zero-order valence-corrected chi connectivity index (χ0v) is 8.34. The van der Waals surface area contributed by atoms with Crippen LogP contribution in [-0.2, 0) is 0 Å². The summed E-state index contributed by atoms with van der Waals surface area (Å²) in [6.07, 6.45) is 0.265. The second kappa shape index (κ2) is 4.24. The molecule has 0 aromatic heterocycles. The van der Waals surface area contributed by atoms with E-state index in [9.17, 15) is 9.59 Å². The first-order valence-corrected chi connectivity index (χ1v) is 4.50. The van der Waals surface area contributed by atoms with Gasteiger partial charge in [0.1, 0.15) is 0 Å². The van der Waals surface area contributed by atoms with Crippen molar-refractivity contribution in [1.82, 2.24) is 0 Å². The molecule has 1 rings (SSSR count). The molecule has 0 amide bonds. The van der Waals surface area contributed by atoms with Crippen LogP contribution in [-0.4, -0.2) is 16.9 Å². The van der Waals surface area contributed by atoms with E-state index in [0.29, 0.717) is 5.02 Å². The summed E-state index contributed by atoms with van der Waals surface area (Å²) in [5, 5.41) is 9.17. The van der Waals surface area contributed by atoms with Crippen LogP contribution in [0.1, 0.15) is 34.1 Å². The summed E-state index contributed by atoms with van der Waals surface area (Å²) in [6.45, 7) is 1.68. The van der Waals surface area contributed by atoms with Crippen LogP contribution >= 0.6 is 11.6 Å². The molecule has 0 radical (unpaired) electrons. The molecule has 14 heavy (non-hydrogen) atoms. The number of aromatic carboxylic acids is 1. The topological polar surface area (TPSA) is 54.4 Å². The third-order valence-corrected chi connectivity index (χ3v) is 2.07. The van der Waals surface area contributed by atoms with Gasteiger partial charge in [0, 0.05) is 17.0 Å². The Labute approximate surface area is 86.3 Å². The number of carbonyl (C=O) groups is 2. The average molecular weight is 213 g/mol. The smallest absolute Gasteiger partial charge is 0.336 e. The Morgan fingerprint density at radius 1 is 1.36 bits per heavy atom. The lowest BCUT2D eigenvalue weighted by Crippen LogP contribution is -2.07. The van der Waals surface area contributed by atoms with Gasteiger partial charge in [-0.05, 0) is 18.2 Å². The fourth-order valence-electron chi connectivity index (χ4n) is 1.12. The van der Waals surface area contributed by atoms with E-state index in [0.717, 1.165) is 0 Å². The normalized spacial score (nSPS) is 9.86. The summed E-state index contributed by atoms with van der Waals surface area (Å²) >= 11 is 5.68. The summed E-state index contributed by atoms with van der Waals surface area (Å²) < 4.78 is 0. The first kappa shape index (κ1) is 10.7. The number of ketones is 1. The fraction of sp³-hybridized carbons (Fsp3) is 0.200. The monoisotopic (exact) mass is 212 g/mol. The summed E-state index contributed by atoms with van der Waals surface area (Å²) in [6, 6.07) is 4.18. The Hall–Kier alpha value is -1.35.